The van der Waals surface area contributed by atoms with Crippen LogP contribution in [0, 0.1) is 0 Å². The third-order valence-corrected chi connectivity index (χ3v) is 4.16. The van der Waals surface area contributed by atoms with Gasteiger partial charge in [0, 0.05) is 32.2 Å². The quantitative estimate of drug-likeness (QED) is 0.843. The minimum absolute atomic E-state index is 0.599. The summed E-state index contributed by atoms with van der Waals surface area (Å²) in [5.41, 5.74) is 2.98. The first-order valence-corrected chi connectivity index (χ1v) is 7.88. The Kier molecular flexibility index (Phi) is 5.87. The van der Waals surface area contributed by atoms with E-state index in [2.05, 4.69) is 48.3 Å². The van der Waals surface area contributed by atoms with Crippen molar-refractivity contribution in [3.63, 3.8) is 0 Å². The summed E-state index contributed by atoms with van der Waals surface area (Å²) >= 11 is 0. The average Bonchev–Trinajstić information content (AvgIpc) is 2.48. The molecule has 1 aliphatic heterocycles. The van der Waals surface area contributed by atoms with Crippen LogP contribution in [0.4, 0.5) is 0 Å². The Morgan fingerprint density at radius 1 is 1.11 bits per heavy atom. The van der Waals surface area contributed by atoms with E-state index in [1.54, 1.807) is 0 Å². The smallest absolute Gasteiger partial charge is 0.0346 e. The molecule has 2 heteroatoms. The fourth-order valence-electron chi connectivity index (χ4n) is 2.99. The van der Waals surface area contributed by atoms with Crippen LogP contribution in [0.3, 0.4) is 0 Å². The molecular formula is C17H28N2. The highest BCUT2D eigenvalue weighted by Gasteiger charge is 2.20. The summed E-state index contributed by atoms with van der Waals surface area (Å²) in [5, 5.41) is 3.44. The van der Waals surface area contributed by atoms with E-state index >= 15 is 0 Å². The lowest BCUT2D eigenvalue weighted by Gasteiger charge is -2.34. The molecule has 1 N–H and O–H groups in total. The van der Waals surface area contributed by atoms with Crippen LogP contribution in [0.1, 0.15) is 50.3 Å². The third-order valence-electron chi connectivity index (χ3n) is 4.16. The number of benzene rings is 1. The van der Waals surface area contributed by atoms with Gasteiger partial charge in [0.15, 0.2) is 0 Å². The second-order valence-electron chi connectivity index (χ2n) is 5.56. The van der Waals surface area contributed by atoms with Gasteiger partial charge < -0.3 is 5.32 Å². The molecule has 1 aromatic rings. The van der Waals surface area contributed by atoms with E-state index in [1.807, 2.05) is 0 Å². The summed E-state index contributed by atoms with van der Waals surface area (Å²) in [6.45, 7) is 9.17. The zero-order chi connectivity index (χ0) is 13.5. The van der Waals surface area contributed by atoms with Gasteiger partial charge in [0.2, 0.25) is 0 Å². The lowest BCUT2D eigenvalue weighted by atomic mass is 9.99. The maximum absolute atomic E-state index is 3.44. The largest absolute Gasteiger partial charge is 0.314 e. The third kappa shape index (κ3) is 4.05. The van der Waals surface area contributed by atoms with Gasteiger partial charge in [0.05, 0.1) is 0 Å². The predicted molar refractivity (Wildman–Crippen MR) is 82.5 cm³/mol. The molecule has 1 aliphatic rings. The maximum atomic E-state index is 3.44. The molecule has 0 aliphatic carbocycles. The average molecular weight is 260 g/mol. The number of nitrogens with zero attached hydrogens (tertiary/aromatic N) is 1. The van der Waals surface area contributed by atoms with Crippen molar-refractivity contribution < 1.29 is 0 Å². The lowest BCUT2D eigenvalue weighted by molar-refractivity contribution is 0.169. The molecule has 0 radical (unpaired) electrons. The Bertz CT molecular complexity index is 352. The minimum atomic E-state index is 0.599. The summed E-state index contributed by atoms with van der Waals surface area (Å²) in [6.07, 6.45) is 5.00. The molecule has 1 saturated heterocycles. The highest BCUT2D eigenvalue weighted by molar-refractivity contribution is 5.25. The standard InChI is InChI=1S/C17H28N2/c1-3-5-6-15-7-9-16(10-8-15)17(4-2)19-13-11-18-12-14-19/h7-10,17-18H,3-6,11-14H2,1-2H3. The Balaban J connectivity index is 2.01. The first kappa shape index (κ1) is 14.5. The van der Waals surface area contributed by atoms with Gasteiger partial charge >= 0.3 is 0 Å². The van der Waals surface area contributed by atoms with Crippen molar-refractivity contribution in [3.8, 4) is 0 Å². The van der Waals surface area contributed by atoms with Crippen molar-refractivity contribution in [3.05, 3.63) is 35.4 Å². The first-order chi connectivity index (χ1) is 9.35. The number of hydrogen-bond acceptors (Lipinski definition) is 2. The van der Waals surface area contributed by atoms with Gasteiger partial charge in [-0.3, -0.25) is 4.90 Å². The molecule has 1 atom stereocenters. The summed E-state index contributed by atoms with van der Waals surface area (Å²) in [7, 11) is 0. The Morgan fingerprint density at radius 2 is 1.79 bits per heavy atom. The summed E-state index contributed by atoms with van der Waals surface area (Å²) in [6, 6.07) is 9.95. The number of nitrogens with one attached hydrogen (secondary N) is 1. The predicted octanol–water partition coefficient (Wildman–Crippen LogP) is 3.39. The molecule has 0 saturated carbocycles. The molecule has 1 unspecified atom stereocenters. The van der Waals surface area contributed by atoms with E-state index in [4.69, 9.17) is 0 Å². The SMILES string of the molecule is CCCCc1ccc(C(CC)N2CCNCC2)cc1. The number of hydrogen-bond donors (Lipinski definition) is 1. The fraction of sp³-hybridized carbons (Fsp3) is 0.647. The topological polar surface area (TPSA) is 15.3 Å². The lowest BCUT2D eigenvalue weighted by Crippen LogP contribution is -2.45. The Hall–Kier alpha value is -0.860. The fourth-order valence-corrected chi connectivity index (χ4v) is 2.99. The van der Waals surface area contributed by atoms with Crippen LogP contribution in [0.2, 0.25) is 0 Å². The molecular weight excluding hydrogens is 232 g/mol. The van der Waals surface area contributed by atoms with Crippen molar-refractivity contribution in [2.45, 2.75) is 45.6 Å². The van der Waals surface area contributed by atoms with E-state index in [0.717, 1.165) is 13.1 Å². The van der Waals surface area contributed by atoms with Crippen molar-refractivity contribution in [1.82, 2.24) is 10.2 Å². The van der Waals surface area contributed by atoms with Crippen LogP contribution in [0.5, 0.6) is 0 Å². The van der Waals surface area contributed by atoms with E-state index < -0.39 is 0 Å². The van der Waals surface area contributed by atoms with E-state index in [1.165, 1.54) is 49.9 Å². The molecule has 1 aromatic carbocycles. The maximum Gasteiger partial charge on any atom is 0.0346 e. The van der Waals surface area contributed by atoms with Crippen molar-refractivity contribution in [2.24, 2.45) is 0 Å². The zero-order valence-electron chi connectivity index (χ0n) is 12.5. The molecule has 0 spiro atoms. The van der Waals surface area contributed by atoms with Gasteiger partial charge in [-0.2, -0.15) is 0 Å². The number of unbranched alkanes of at least 4 members (excludes halogenated alkanes) is 1. The zero-order valence-corrected chi connectivity index (χ0v) is 12.5. The van der Waals surface area contributed by atoms with Crippen LogP contribution in [0.15, 0.2) is 24.3 Å². The highest BCUT2D eigenvalue weighted by Crippen LogP contribution is 2.25. The van der Waals surface area contributed by atoms with Crippen molar-refractivity contribution >= 4 is 0 Å². The van der Waals surface area contributed by atoms with Crippen LogP contribution >= 0.6 is 0 Å². The van der Waals surface area contributed by atoms with E-state index in [0.29, 0.717) is 6.04 Å². The number of piperazine rings is 1. The second kappa shape index (κ2) is 7.66. The first-order valence-electron chi connectivity index (χ1n) is 7.88. The highest BCUT2D eigenvalue weighted by atomic mass is 15.2. The molecule has 1 fully saturated rings. The molecule has 2 rings (SSSR count). The van der Waals surface area contributed by atoms with Crippen molar-refractivity contribution in [2.75, 3.05) is 26.2 Å². The molecule has 0 amide bonds. The van der Waals surface area contributed by atoms with Gasteiger partial charge in [-0.1, -0.05) is 44.5 Å². The van der Waals surface area contributed by atoms with Crippen LogP contribution in [-0.4, -0.2) is 31.1 Å². The Labute approximate surface area is 118 Å². The van der Waals surface area contributed by atoms with Gasteiger partial charge in [0.1, 0.15) is 0 Å². The van der Waals surface area contributed by atoms with Gasteiger partial charge in [-0.25, -0.2) is 0 Å². The Morgan fingerprint density at radius 3 is 2.37 bits per heavy atom. The normalized spacial score (nSPS) is 18.4. The second-order valence-corrected chi connectivity index (χ2v) is 5.56. The van der Waals surface area contributed by atoms with Crippen LogP contribution in [-0.2, 0) is 6.42 Å². The summed E-state index contributed by atoms with van der Waals surface area (Å²) in [5.74, 6) is 0. The van der Waals surface area contributed by atoms with Crippen LogP contribution < -0.4 is 5.32 Å². The van der Waals surface area contributed by atoms with Gasteiger partial charge in [-0.05, 0) is 30.4 Å². The van der Waals surface area contributed by atoms with Crippen molar-refractivity contribution in [1.29, 1.82) is 0 Å². The molecule has 0 bridgehead atoms. The molecule has 0 aromatic heterocycles. The molecule has 2 nitrogen and oxygen atoms in total. The molecule has 106 valence electrons. The number of aryl methyl sites for hydroxylation is 1. The van der Waals surface area contributed by atoms with Gasteiger partial charge in [0.25, 0.3) is 0 Å². The number of rotatable bonds is 6. The monoisotopic (exact) mass is 260 g/mol. The van der Waals surface area contributed by atoms with Gasteiger partial charge in [-0.15, -0.1) is 0 Å². The van der Waals surface area contributed by atoms with E-state index in [-0.39, 0.29) is 0 Å². The summed E-state index contributed by atoms with van der Waals surface area (Å²) in [4.78, 5) is 2.62. The van der Waals surface area contributed by atoms with Crippen LogP contribution in [0.25, 0.3) is 0 Å². The molecule has 19 heavy (non-hydrogen) atoms. The minimum Gasteiger partial charge on any atom is -0.314 e. The van der Waals surface area contributed by atoms with E-state index in [9.17, 15) is 0 Å². The molecule has 1 heterocycles. The summed E-state index contributed by atoms with van der Waals surface area (Å²) < 4.78 is 0.